The van der Waals surface area contributed by atoms with Crippen molar-refractivity contribution in [3.63, 3.8) is 0 Å². The largest absolute Gasteiger partial charge is 0.459 e. The van der Waals surface area contributed by atoms with Crippen LogP contribution in [0.15, 0.2) is 78.0 Å². The zero-order chi connectivity index (χ0) is 42.0. The molecule has 2 aromatic carbocycles. The Hall–Kier alpha value is -5.05. The SMILES string of the molecule is C=CCO[C@@]12Oc3ccc(OC(=O)NCC)cc3[C@H]3[C@H](CCCCO)[C@@H](CCCCO)C=C(C(=NOC(C)(C)C)C[C@@H]1N(C)C(=O)C=Cc1ccc([N+](=O)[O-])cc1)[C@H]32. The number of likely N-dealkylation sites (N-methyl/N-ethyl adjacent to an activating group) is 1. The molecule has 1 fully saturated rings. The Bertz CT molecular complexity index is 1870. The van der Waals surface area contributed by atoms with Crippen molar-refractivity contribution in [3.8, 4) is 11.5 Å². The van der Waals surface area contributed by atoms with E-state index in [4.69, 9.17) is 24.2 Å². The molecule has 0 aromatic heterocycles. The number of aliphatic hydroxyl groups is 2. The lowest BCUT2D eigenvalue weighted by Gasteiger charge is -2.59. The van der Waals surface area contributed by atoms with Crippen molar-refractivity contribution in [2.45, 2.75) is 96.0 Å². The molecule has 0 saturated heterocycles. The van der Waals surface area contributed by atoms with Gasteiger partial charge in [-0.3, -0.25) is 14.9 Å². The minimum absolute atomic E-state index is 0.0142. The second-order valence-electron chi connectivity index (χ2n) is 16.0. The third-order valence-electron chi connectivity index (χ3n) is 10.9. The number of ether oxygens (including phenoxy) is 3. The molecule has 314 valence electrons. The Balaban J connectivity index is 1.72. The van der Waals surface area contributed by atoms with Crippen molar-refractivity contribution in [1.29, 1.82) is 0 Å². The monoisotopic (exact) mass is 802 g/mol. The Labute approximate surface area is 340 Å². The molecule has 1 aliphatic heterocycles. The van der Waals surface area contributed by atoms with E-state index in [1.807, 2.05) is 33.8 Å². The summed E-state index contributed by atoms with van der Waals surface area (Å²) in [6, 6.07) is 10.5. The molecule has 58 heavy (non-hydrogen) atoms. The maximum atomic E-state index is 14.3. The van der Waals surface area contributed by atoms with Gasteiger partial charge in [-0.25, -0.2) is 4.79 Å². The fourth-order valence-electron chi connectivity index (χ4n) is 8.42. The summed E-state index contributed by atoms with van der Waals surface area (Å²) in [5, 5.41) is 38.4. The van der Waals surface area contributed by atoms with Crippen LogP contribution < -0.4 is 14.8 Å². The van der Waals surface area contributed by atoms with Gasteiger partial charge in [0.05, 0.1) is 23.2 Å². The molecule has 0 radical (unpaired) electrons. The number of nitro groups is 1. The molecule has 3 N–H and O–H groups in total. The van der Waals surface area contributed by atoms with Gasteiger partial charge in [0.1, 0.15) is 23.1 Å². The average Bonchev–Trinajstić information content (AvgIpc) is 3.19. The highest BCUT2D eigenvalue weighted by Gasteiger charge is 2.65. The third-order valence-corrected chi connectivity index (χ3v) is 10.9. The van der Waals surface area contributed by atoms with Gasteiger partial charge in [-0.15, -0.1) is 6.58 Å². The van der Waals surface area contributed by atoms with Crippen molar-refractivity contribution in [2.24, 2.45) is 22.9 Å². The van der Waals surface area contributed by atoms with Gasteiger partial charge in [0, 0.05) is 62.9 Å². The minimum Gasteiger partial charge on any atom is -0.459 e. The van der Waals surface area contributed by atoms with E-state index in [0.717, 1.165) is 36.8 Å². The summed E-state index contributed by atoms with van der Waals surface area (Å²) >= 11 is 0. The van der Waals surface area contributed by atoms with Crippen LogP contribution >= 0.6 is 0 Å². The van der Waals surface area contributed by atoms with Crippen LogP contribution in [0.1, 0.15) is 89.7 Å². The van der Waals surface area contributed by atoms with Crippen molar-refractivity contribution in [3.05, 3.63) is 94.1 Å². The van der Waals surface area contributed by atoms with Gasteiger partial charge in [-0.2, -0.15) is 0 Å². The topological polar surface area (TPSA) is 182 Å². The van der Waals surface area contributed by atoms with Crippen LogP contribution in [0, 0.1) is 27.9 Å². The maximum absolute atomic E-state index is 14.3. The lowest BCUT2D eigenvalue weighted by Crippen LogP contribution is -2.69. The zero-order valence-corrected chi connectivity index (χ0v) is 34.2. The standard InChI is InChI=1S/C44H58N4O10/c1-7-25-55-44-38(47(6)39(51)22-17-29-15-18-31(19-16-29)48(53)54)28-36(46-58-43(3,4)5)34-26-30(13-9-11-23-49)33(14-10-12-24-50)40(41(34)44)35-27-32(20-21-37(35)57-44)56-42(52)45-8-2/h7,15-22,26-27,30,33,38,40-41,49-50H,1,8-14,23-25,28H2,2-6H3,(H,45,52)/t30-,33+,38-,40+,41+,44+/m0/s1. The van der Waals surface area contributed by atoms with Crippen LogP contribution in [-0.2, 0) is 14.4 Å². The molecule has 1 heterocycles. The van der Waals surface area contributed by atoms with Crippen LogP contribution in [0.2, 0.25) is 0 Å². The summed E-state index contributed by atoms with van der Waals surface area (Å²) in [7, 11) is 1.69. The minimum atomic E-state index is -1.46. The van der Waals surface area contributed by atoms with Gasteiger partial charge >= 0.3 is 6.09 Å². The van der Waals surface area contributed by atoms with E-state index >= 15 is 0 Å². The van der Waals surface area contributed by atoms with Gasteiger partial charge in [0.25, 0.3) is 5.69 Å². The van der Waals surface area contributed by atoms with E-state index in [0.29, 0.717) is 42.2 Å². The van der Waals surface area contributed by atoms with Crippen molar-refractivity contribution >= 4 is 29.5 Å². The molecule has 0 unspecified atom stereocenters. The van der Waals surface area contributed by atoms with Crippen LogP contribution in [0.25, 0.3) is 6.08 Å². The predicted octanol–water partition coefficient (Wildman–Crippen LogP) is 7.31. The van der Waals surface area contributed by atoms with Crippen molar-refractivity contribution < 1.29 is 43.8 Å². The maximum Gasteiger partial charge on any atom is 0.412 e. The Morgan fingerprint density at radius 2 is 1.81 bits per heavy atom. The highest BCUT2D eigenvalue weighted by molar-refractivity contribution is 6.03. The lowest BCUT2D eigenvalue weighted by molar-refractivity contribution is -0.384. The number of fused-ring (bicyclic) bond motifs is 2. The van der Waals surface area contributed by atoms with Gasteiger partial charge in [-0.05, 0) is 113 Å². The van der Waals surface area contributed by atoms with Gasteiger partial charge in [0.2, 0.25) is 11.7 Å². The number of amides is 2. The summed E-state index contributed by atoms with van der Waals surface area (Å²) in [6.07, 6.45) is 10.9. The fraction of sp³-hybridized carbons (Fsp3) is 0.523. The molecule has 2 aliphatic carbocycles. The normalized spacial score (nSPS) is 24.2. The number of hydrogen-bond donors (Lipinski definition) is 3. The number of carbonyl (C=O) groups is 2. The summed E-state index contributed by atoms with van der Waals surface area (Å²) < 4.78 is 19.8. The number of allylic oxidation sites excluding steroid dienone is 1. The van der Waals surface area contributed by atoms with Crippen LogP contribution in [0.5, 0.6) is 11.5 Å². The summed E-state index contributed by atoms with van der Waals surface area (Å²) in [6.45, 7) is 12.1. The Morgan fingerprint density at radius 1 is 1.10 bits per heavy atom. The number of oxime groups is 1. The average molecular weight is 803 g/mol. The molecule has 3 aliphatic rings. The number of benzene rings is 2. The second kappa shape index (κ2) is 19.6. The highest BCUT2D eigenvalue weighted by Crippen LogP contribution is 2.61. The molecule has 2 aromatic rings. The van der Waals surface area contributed by atoms with Crippen LogP contribution in [0.4, 0.5) is 10.5 Å². The number of carbonyl (C=O) groups excluding carboxylic acids is 2. The van der Waals surface area contributed by atoms with Crippen LogP contribution in [0.3, 0.4) is 0 Å². The van der Waals surface area contributed by atoms with E-state index in [-0.39, 0.29) is 55.6 Å². The molecule has 14 nitrogen and oxygen atoms in total. The fourth-order valence-corrected chi connectivity index (χ4v) is 8.42. The molecule has 0 spiro atoms. The quantitative estimate of drug-likeness (QED) is 0.0455. The first-order valence-corrected chi connectivity index (χ1v) is 20.2. The molecule has 2 amide bonds. The highest BCUT2D eigenvalue weighted by atomic mass is 16.7. The number of hydrogen-bond acceptors (Lipinski definition) is 11. The molecule has 5 rings (SSSR count). The molecule has 0 bridgehead atoms. The summed E-state index contributed by atoms with van der Waals surface area (Å²) in [5.74, 6) is -1.78. The lowest BCUT2D eigenvalue weighted by atomic mass is 9.55. The summed E-state index contributed by atoms with van der Waals surface area (Å²) in [4.78, 5) is 45.4. The van der Waals surface area contributed by atoms with E-state index in [1.165, 1.54) is 18.2 Å². The number of aliphatic hydroxyl groups excluding tert-OH is 2. The van der Waals surface area contributed by atoms with E-state index in [1.54, 1.807) is 48.4 Å². The predicted molar refractivity (Wildman–Crippen MR) is 220 cm³/mol. The van der Waals surface area contributed by atoms with E-state index in [9.17, 15) is 29.9 Å². The van der Waals surface area contributed by atoms with Crippen molar-refractivity contribution in [2.75, 3.05) is 33.4 Å². The molecule has 14 heteroatoms. The molecule has 1 saturated carbocycles. The third kappa shape index (κ3) is 10.1. The first kappa shape index (κ1) is 44.1. The summed E-state index contributed by atoms with van der Waals surface area (Å²) in [5.41, 5.74) is 2.27. The smallest absolute Gasteiger partial charge is 0.412 e. The second-order valence-corrected chi connectivity index (χ2v) is 16.0. The molecular weight excluding hydrogens is 745 g/mol. The number of nitro benzene ring substituents is 1. The van der Waals surface area contributed by atoms with E-state index < -0.39 is 34.4 Å². The molecular formula is C44H58N4O10. The number of nitrogens with zero attached hydrogens (tertiary/aromatic N) is 3. The van der Waals surface area contributed by atoms with Gasteiger partial charge in [0.15, 0.2) is 0 Å². The zero-order valence-electron chi connectivity index (χ0n) is 34.2. The number of non-ortho nitro benzene ring substituents is 1. The van der Waals surface area contributed by atoms with Gasteiger partial charge in [-0.1, -0.05) is 30.1 Å². The first-order valence-electron chi connectivity index (χ1n) is 20.2. The van der Waals surface area contributed by atoms with Crippen molar-refractivity contribution in [1.82, 2.24) is 10.2 Å². The molecule has 6 atom stereocenters. The Kier molecular flexibility index (Phi) is 14.9. The van der Waals surface area contributed by atoms with Crippen LogP contribution in [-0.4, -0.2) is 88.6 Å². The van der Waals surface area contributed by atoms with E-state index in [2.05, 4.69) is 18.0 Å². The van der Waals surface area contributed by atoms with Gasteiger partial charge < -0.3 is 39.5 Å². The number of nitrogens with one attached hydrogen (secondary N) is 1. The number of rotatable bonds is 18. The Morgan fingerprint density at radius 3 is 2.45 bits per heavy atom. The number of unbranched alkanes of at least 4 members (excludes halogenated alkanes) is 2. The first-order chi connectivity index (χ1) is 27.8.